The molecule has 2 nitrogen and oxygen atoms in total. The van der Waals surface area contributed by atoms with E-state index in [4.69, 9.17) is 4.74 Å². The number of rotatable bonds is 5. The molecule has 0 saturated heterocycles. The molecule has 1 aromatic carbocycles. The number of thiophene rings is 1. The normalized spacial score (nSPS) is 10.4. The van der Waals surface area contributed by atoms with Gasteiger partial charge in [-0.15, -0.1) is 11.3 Å². The molecule has 0 atom stereocenters. The molecule has 0 aliphatic carbocycles. The highest BCUT2D eigenvalue weighted by Gasteiger charge is 2.09. The molecule has 3 heteroatoms. The lowest BCUT2D eigenvalue weighted by molar-refractivity contribution is 0.319. The van der Waals surface area contributed by atoms with Crippen molar-refractivity contribution in [2.75, 3.05) is 19.0 Å². The molecule has 96 valence electrons. The Hall–Kier alpha value is -1.48. The first-order valence-electron chi connectivity index (χ1n) is 6.26. The number of nitrogens with one attached hydrogen (secondary N) is 1. The Labute approximate surface area is 113 Å². The first-order chi connectivity index (χ1) is 8.74. The zero-order valence-electron chi connectivity index (χ0n) is 11.1. The third-order valence-corrected chi connectivity index (χ3v) is 3.85. The number of anilines is 1. The first-order valence-corrected chi connectivity index (χ1v) is 7.07. The summed E-state index contributed by atoms with van der Waals surface area (Å²) < 4.78 is 5.82. The summed E-state index contributed by atoms with van der Waals surface area (Å²) in [6.07, 6.45) is 1.03. The van der Waals surface area contributed by atoms with Crippen molar-refractivity contribution in [2.45, 2.75) is 20.3 Å². The fourth-order valence-corrected chi connectivity index (χ4v) is 2.67. The number of ether oxygens (including phenoxy) is 1. The highest BCUT2D eigenvalue weighted by atomic mass is 32.1. The number of hydrogen-bond acceptors (Lipinski definition) is 3. The molecular formula is C15H19NOS. The zero-order chi connectivity index (χ0) is 13.0. The summed E-state index contributed by atoms with van der Waals surface area (Å²) in [4.78, 5) is 1.24. The standard InChI is InChI=1S/C15H19NOS/c1-4-9-17-13-6-5-11(2)10-12(13)14-7-8-15(16-3)18-14/h5-8,10,16H,4,9H2,1-3H3. The Balaban J connectivity index is 2.37. The quantitative estimate of drug-likeness (QED) is 0.852. The van der Waals surface area contributed by atoms with Gasteiger partial charge >= 0.3 is 0 Å². The Morgan fingerprint density at radius 3 is 2.72 bits per heavy atom. The molecule has 0 bridgehead atoms. The van der Waals surface area contributed by atoms with Crippen LogP contribution >= 0.6 is 11.3 Å². The van der Waals surface area contributed by atoms with Crippen LogP contribution in [0.2, 0.25) is 0 Å². The minimum absolute atomic E-state index is 0.764. The molecule has 0 aliphatic heterocycles. The van der Waals surface area contributed by atoms with Crippen LogP contribution in [0.1, 0.15) is 18.9 Å². The van der Waals surface area contributed by atoms with E-state index in [2.05, 4.69) is 49.5 Å². The number of benzene rings is 1. The average molecular weight is 261 g/mol. The Kier molecular flexibility index (Phi) is 4.26. The van der Waals surface area contributed by atoms with Crippen molar-refractivity contribution in [2.24, 2.45) is 0 Å². The maximum absolute atomic E-state index is 5.82. The average Bonchev–Trinajstić information content (AvgIpc) is 2.86. The van der Waals surface area contributed by atoms with E-state index in [1.807, 2.05) is 7.05 Å². The summed E-state index contributed by atoms with van der Waals surface area (Å²) in [7, 11) is 1.94. The minimum atomic E-state index is 0.764. The molecule has 1 N–H and O–H groups in total. The van der Waals surface area contributed by atoms with Crippen LogP contribution in [0.4, 0.5) is 5.00 Å². The number of hydrogen-bond donors (Lipinski definition) is 1. The summed E-state index contributed by atoms with van der Waals surface area (Å²) in [5, 5.41) is 4.35. The Morgan fingerprint density at radius 2 is 2.06 bits per heavy atom. The van der Waals surface area contributed by atoms with E-state index >= 15 is 0 Å². The largest absolute Gasteiger partial charge is 0.493 e. The zero-order valence-corrected chi connectivity index (χ0v) is 11.9. The van der Waals surface area contributed by atoms with Gasteiger partial charge in [-0.2, -0.15) is 0 Å². The van der Waals surface area contributed by atoms with Gasteiger partial charge in [0.15, 0.2) is 0 Å². The van der Waals surface area contributed by atoms with E-state index in [0.29, 0.717) is 0 Å². The van der Waals surface area contributed by atoms with Gasteiger partial charge < -0.3 is 10.1 Å². The van der Waals surface area contributed by atoms with Crippen molar-refractivity contribution in [1.82, 2.24) is 0 Å². The van der Waals surface area contributed by atoms with Crippen molar-refractivity contribution >= 4 is 16.3 Å². The minimum Gasteiger partial charge on any atom is -0.493 e. The molecule has 1 heterocycles. The van der Waals surface area contributed by atoms with Gasteiger partial charge in [0.1, 0.15) is 5.75 Å². The smallest absolute Gasteiger partial charge is 0.127 e. The molecule has 0 saturated carbocycles. The van der Waals surface area contributed by atoms with Gasteiger partial charge in [0.2, 0.25) is 0 Å². The van der Waals surface area contributed by atoms with E-state index in [1.165, 1.54) is 21.0 Å². The Morgan fingerprint density at radius 1 is 1.22 bits per heavy atom. The van der Waals surface area contributed by atoms with Gasteiger partial charge in [-0.1, -0.05) is 18.6 Å². The molecule has 0 spiro atoms. The van der Waals surface area contributed by atoms with Gasteiger partial charge in [0.25, 0.3) is 0 Å². The third kappa shape index (κ3) is 2.85. The molecule has 2 aromatic rings. The second kappa shape index (κ2) is 5.91. The molecule has 0 unspecified atom stereocenters. The summed E-state index contributed by atoms with van der Waals surface area (Å²) in [6.45, 7) is 5.00. The van der Waals surface area contributed by atoms with E-state index in [0.717, 1.165) is 18.8 Å². The summed E-state index contributed by atoms with van der Waals surface area (Å²) in [5.41, 5.74) is 2.45. The van der Waals surface area contributed by atoms with Gasteiger partial charge in [0.05, 0.1) is 11.6 Å². The van der Waals surface area contributed by atoms with Crippen molar-refractivity contribution in [1.29, 1.82) is 0 Å². The van der Waals surface area contributed by atoms with Crippen molar-refractivity contribution in [3.05, 3.63) is 35.9 Å². The fraction of sp³-hybridized carbons (Fsp3) is 0.333. The molecule has 0 aliphatic rings. The van der Waals surface area contributed by atoms with E-state index in [9.17, 15) is 0 Å². The lowest BCUT2D eigenvalue weighted by Gasteiger charge is -2.10. The van der Waals surface area contributed by atoms with Crippen molar-refractivity contribution in [3.8, 4) is 16.2 Å². The van der Waals surface area contributed by atoms with Gasteiger partial charge in [-0.05, 0) is 37.6 Å². The predicted molar refractivity (Wildman–Crippen MR) is 79.8 cm³/mol. The van der Waals surface area contributed by atoms with Crippen LogP contribution in [-0.4, -0.2) is 13.7 Å². The monoisotopic (exact) mass is 261 g/mol. The van der Waals surface area contributed by atoms with Crippen LogP contribution in [0.5, 0.6) is 5.75 Å². The van der Waals surface area contributed by atoms with Crippen molar-refractivity contribution < 1.29 is 4.74 Å². The maximum Gasteiger partial charge on any atom is 0.127 e. The van der Waals surface area contributed by atoms with Gasteiger partial charge in [0, 0.05) is 17.5 Å². The van der Waals surface area contributed by atoms with Crippen LogP contribution in [0.25, 0.3) is 10.4 Å². The molecule has 0 amide bonds. The summed E-state index contributed by atoms with van der Waals surface area (Å²) in [5.74, 6) is 0.979. The molecule has 1 aromatic heterocycles. The van der Waals surface area contributed by atoms with Crippen LogP contribution in [0, 0.1) is 6.92 Å². The lowest BCUT2D eigenvalue weighted by atomic mass is 10.1. The van der Waals surface area contributed by atoms with Crippen molar-refractivity contribution in [3.63, 3.8) is 0 Å². The SMILES string of the molecule is CCCOc1ccc(C)cc1-c1ccc(NC)s1. The maximum atomic E-state index is 5.82. The summed E-state index contributed by atoms with van der Waals surface area (Å²) in [6, 6.07) is 10.6. The first kappa shape index (κ1) is 13.0. The van der Waals surface area contributed by atoms with Crippen LogP contribution < -0.4 is 10.1 Å². The summed E-state index contributed by atoms with van der Waals surface area (Å²) >= 11 is 1.75. The molecular weight excluding hydrogens is 242 g/mol. The van der Waals surface area contributed by atoms with E-state index in [-0.39, 0.29) is 0 Å². The highest BCUT2D eigenvalue weighted by molar-refractivity contribution is 7.19. The van der Waals surface area contributed by atoms with Gasteiger partial charge in [-0.25, -0.2) is 0 Å². The van der Waals surface area contributed by atoms with Gasteiger partial charge in [-0.3, -0.25) is 0 Å². The topological polar surface area (TPSA) is 21.3 Å². The van der Waals surface area contributed by atoms with Crippen LogP contribution in [0.15, 0.2) is 30.3 Å². The molecule has 18 heavy (non-hydrogen) atoms. The lowest BCUT2D eigenvalue weighted by Crippen LogP contribution is -1.96. The van der Waals surface area contributed by atoms with Crippen LogP contribution in [0.3, 0.4) is 0 Å². The second-order valence-corrected chi connectivity index (χ2v) is 5.35. The third-order valence-electron chi connectivity index (χ3n) is 2.71. The fourth-order valence-electron chi connectivity index (χ4n) is 1.79. The second-order valence-electron chi connectivity index (χ2n) is 4.26. The number of aryl methyl sites for hydroxylation is 1. The van der Waals surface area contributed by atoms with E-state index in [1.54, 1.807) is 11.3 Å². The highest BCUT2D eigenvalue weighted by Crippen LogP contribution is 2.37. The molecule has 2 rings (SSSR count). The van der Waals surface area contributed by atoms with Crippen LogP contribution in [-0.2, 0) is 0 Å². The Bertz CT molecular complexity index is 519. The predicted octanol–water partition coefficient (Wildman–Crippen LogP) is 4.55. The van der Waals surface area contributed by atoms with E-state index < -0.39 is 0 Å². The molecule has 0 fully saturated rings. The molecule has 0 radical (unpaired) electrons.